The van der Waals surface area contributed by atoms with Crippen LogP contribution < -0.4 is 5.73 Å². The maximum absolute atomic E-state index is 11.1. The Balaban J connectivity index is 2.93. The van der Waals surface area contributed by atoms with E-state index in [1.54, 1.807) is 12.1 Å². The fourth-order valence-corrected chi connectivity index (χ4v) is 1.35. The van der Waals surface area contributed by atoms with E-state index in [9.17, 15) is 9.59 Å². The monoisotopic (exact) mass is 223 g/mol. The largest absolute Gasteiger partial charge is 0.481 e. The molecule has 3 N–H and O–H groups in total. The Morgan fingerprint density at radius 3 is 2.31 bits per heavy atom. The second-order valence-electron chi connectivity index (χ2n) is 3.24. The Morgan fingerprint density at radius 1 is 1.38 bits per heavy atom. The molecule has 5 heteroatoms. The number of ether oxygens (including phenoxy) is 1. The predicted molar refractivity (Wildman–Crippen MR) is 57.2 cm³/mol. The molecule has 0 aliphatic rings. The van der Waals surface area contributed by atoms with Gasteiger partial charge in [-0.15, -0.1) is 0 Å². The van der Waals surface area contributed by atoms with Crippen molar-refractivity contribution in [2.45, 2.75) is 5.92 Å². The van der Waals surface area contributed by atoms with E-state index in [0.29, 0.717) is 11.1 Å². The summed E-state index contributed by atoms with van der Waals surface area (Å²) in [6, 6.07) is 6.18. The van der Waals surface area contributed by atoms with E-state index in [2.05, 4.69) is 4.74 Å². The second kappa shape index (κ2) is 5.27. The maximum Gasteiger partial charge on any atom is 0.337 e. The van der Waals surface area contributed by atoms with Crippen LogP contribution in [0, 0.1) is 0 Å². The van der Waals surface area contributed by atoms with Gasteiger partial charge in [-0.1, -0.05) is 12.1 Å². The van der Waals surface area contributed by atoms with Gasteiger partial charge in [-0.2, -0.15) is 0 Å². The zero-order valence-corrected chi connectivity index (χ0v) is 8.84. The summed E-state index contributed by atoms with van der Waals surface area (Å²) in [5.74, 6) is -2.17. The topological polar surface area (TPSA) is 89.6 Å². The molecule has 86 valence electrons. The average molecular weight is 223 g/mol. The summed E-state index contributed by atoms with van der Waals surface area (Å²) in [6.07, 6.45) is 0. The molecular weight excluding hydrogens is 210 g/mol. The van der Waals surface area contributed by atoms with E-state index in [-0.39, 0.29) is 6.54 Å². The predicted octanol–water partition coefficient (Wildman–Crippen LogP) is 0.600. The lowest BCUT2D eigenvalue weighted by Gasteiger charge is -2.10. The molecule has 1 aromatic carbocycles. The van der Waals surface area contributed by atoms with Crippen molar-refractivity contribution in [1.29, 1.82) is 0 Å². The Hall–Kier alpha value is -1.88. The highest BCUT2D eigenvalue weighted by Crippen LogP contribution is 2.16. The first-order valence-corrected chi connectivity index (χ1v) is 4.71. The molecule has 0 heterocycles. The molecular formula is C11H13NO4. The third-order valence-corrected chi connectivity index (χ3v) is 2.27. The number of hydrogen-bond donors (Lipinski definition) is 2. The van der Waals surface area contributed by atoms with Crippen LogP contribution in [-0.4, -0.2) is 30.7 Å². The number of methoxy groups -OCH3 is 1. The Labute approximate surface area is 92.8 Å². The molecule has 0 aromatic heterocycles. The first-order valence-electron chi connectivity index (χ1n) is 4.71. The van der Waals surface area contributed by atoms with E-state index in [1.807, 2.05) is 0 Å². The maximum atomic E-state index is 11.1. The third-order valence-electron chi connectivity index (χ3n) is 2.27. The normalized spacial score (nSPS) is 11.9. The quantitative estimate of drug-likeness (QED) is 0.729. The van der Waals surface area contributed by atoms with Crippen molar-refractivity contribution in [3.63, 3.8) is 0 Å². The minimum Gasteiger partial charge on any atom is -0.481 e. The third kappa shape index (κ3) is 2.58. The highest BCUT2D eigenvalue weighted by molar-refractivity contribution is 5.89. The van der Waals surface area contributed by atoms with Crippen LogP contribution in [-0.2, 0) is 9.53 Å². The van der Waals surface area contributed by atoms with Gasteiger partial charge in [-0.3, -0.25) is 4.79 Å². The molecule has 0 radical (unpaired) electrons. The number of carboxylic acid groups (broad SMARTS) is 1. The van der Waals surface area contributed by atoms with Crippen molar-refractivity contribution < 1.29 is 19.4 Å². The van der Waals surface area contributed by atoms with Gasteiger partial charge in [0.2, 0.25) is 0 Å². The Morgan fingerprint density at radius 2 is 1.94 bits per heavy atom. The lowest BCUT2D eigenvalue weighted by atomic mass is 9.98. The minimum absolute atomic E-state index is 0.0207. The van der Waals surface area contributed by atoms with Crippen molar-refractivity contribution in [1.82, 2.24) is 0 Å². The van der Waals surface area contributed by atoms with Crippen molar-refractivity contribution >= 4 is 11.9 Å². The van der Waals surface area contributed by atoms with Crippen LogP contribution in [0.5, 0.6) is 0 Å². The van der Waals surface area contributed by atoms with Gasteiger partial charge < -0.3 is 15.6 Å². The van der Waals surface area contributed by atoms with Gasteiger partial charge in [0.05, 0.1) is 18.6 Å². The highest BCUT2D eigenvalue weighted by Gasteiger charge is 2.18. The fourth-order valence-electron chi connectivity index (χ4n) is 1.35. The molecule has 0 saturated carbocycles. The average Bonchev–Trinajstić information content (AvgIpc) is 2.29. The summed E-state index contributed by atoms with van der Waals surface area (Å²) in [6.45, 7) is 0.0207. The first-order chi connectivity index (χ1) is 7.60. The molecule has 16 heavy (non-hydrogen) atoms. The van der Waals surface area contributed by atoms with Gasteiger partial charge >= 0.3 is 11.9 Å². The van der Waals surface area contributed by atoms with Gasteiger partial charge in [0.1, 0.15) is 0 Å². The summed E-state index contributed by atoms with van der Waals surface area (Å²) in [7, 11) is 1.29. The molecule has 0 fully saturated rings. The van der Waals surface area contributed by atoms with Crippen LogP contribution in [0.25, 0.3) is 0 Å². The molecule has 1 atom stereocenters. The number of nitrogens with two attached hydrogens (primary N) is 1. The van der Waals surface area contributed by atoms with Gasteiger partial charge in [0.15, 0.2) is 0 Å². The highest BCUT2D eigenvalue weighted by atomic mass is 16.5. The van der Waals surface area contributed by atoms with Gasteiger partial charge in [0, 0.05) is 6.54 Å². The zero-order chi connectivity index (χ0) is 12.1. The summed E-state index contributed by atoms with van der Waals surface area (Å²) in [5, 5.41) is 8.88. The van der Waals surface area contributed by atoms with Gasteiger partial charge in [-0.25, -0.2) is 4.79 Å². The number of hydrogen-bond acceptors (Lipinski definition) is 4. The zero-order valence-electron chi connectivity index (χ0n) is 8.84. The molecule has 1 aromatic rings. The number of esters is 1. The molecule has 0 bridgehead atoms. The standard InChI is InChI=1S/C11H13NO4/c1-16-11(15)8-4-2-7(3-5-8)9(6-12)10(13)14/h2-5,9H,6,12H2,1H3,(H,13,14). The SMILES string of the molecule is COC(=O)c1ccc(C(CN)C(=O)O)cc1. The van der Waals surface area contributed by atoms with Crippen LogP contribution in [0.3, 0.4) is 0 Å². The lowest BCUT2D eigenvalue weighted by Crippen LogP contribution is -2.21. The molecule has 0 aliphatic carbocycles. The number of benzene rings is 1. The fraction of sp³-hybridized carbons (Fsp3) is 0.273. The first kappa shape index (κ1) is 12.2. The number of carbonyl (C=O) groups is 2. The molecule has 1 rings (SSSR count). The molecule has 0 amide bonds. The molecule has 1 unspecified atom stereocenters. The second-order valence-corrected chi connectivity index (χ2v) is 3.24. The van der Waals surface area contributed by atoms with Crippen molar-refractivity contribution in [2.75, 3.05) is 13.7 Å². The number of carboxylic acids is 1. The van der Waals surface area contributed by atoms with Crippen LogP contribution >= 0.6 is 0 Å². The minimum atomic E-state index is -0.978. The van der Waals surface area contributed by atoms with E-state index in [4.69, 9.17) is 10.8 Å². The summed E-state index contributed by atoms with van der Waals surface area (Å²) < 4.78 is 4.53. The Kier molecular flexibility index (Phi) is 4.02. The van der Waals surface area contributed by atoms with E-state index < -0.39 is 17.9 Å². The van der Waals surface area contributed by atoms with Crippen LogP contribution in [0.1, 0.15) is 21.8 Å². The van der Waals surface area contributed by atoms with Crippen molar-refractivity contribution in [2.24, 2.45) is 5.73 Å². The van der Waals surface area contributed by atoms with Crippen LogP contribution in [0.4, 0.5) is 0 Å². The lowest BCUT2D eigenvalue weighted by molar-refractivity contribution is -0.138. The van der Waals surface area contributed by atoms with Crippen molar-refractivity contribution in [3.05, 3.63) is 35.4 Å². The smallest absolute Gasteiger partial charge is 0.337 e. The molecule has 0 spiro atoms. The van der Waals surface area contributed by atoms with Crippen LogP contribution in [0.15, 0.2) is 24.3 Å². The van der Waals surface area contributed by atoms with Gasteiger partial charge in [0.25, 0.3) is 0 Å². The molecule has 0 aliphatic heterocycles. The summed E-state index contributed by atoms with van der Waals surface area (Å²) in [4.78, 5) is 22.0. The van der Waals surface area contributed by atoms with E-state index in [1.165, 1.54) is 19.2 Å². The summed E-state index contributed by atoms with van der Waals surface area (Å²) in [5.41, 5.74) is 6.31. The van der Waals surface area contributed by atoms with E-state index in [0.717, 1.165) is 0 Å². The van der Waals surface area contributed by atoms with Crippen molar-refractivity contribution in [3.8, 4) is 0 Å². The van der Waals surface area contributed by atoms with E-state index >= 15 is 0 Å². The Bertz CT molecular complexity index is 385. The molecule has 0 saturated heterocycles. The number of aliphatic carboxylic acids is 1. The van der Waals surface area contributed by atoms with Gasteiger partial charge in [-0.05, 0) is 17.7 Å². The van der Waals surface area contributed by atoms with Crippen LogP contribution in [0.2, 0.25) is 0 Å². The summed E-state index contributed by atoms with van der Waals surface area (Å²) >= 11 is 0. The number of carbonyl (C=O) groups excluding carboxylic acids is 1. The number of rotatable bonds is 4. The molecule has 5 nitrogen and oxygen atoms in total.